The van der Waals surface area contributed by atoms with Gasteiger partial charge in [-0.15, -0.1) is 0 Å². The second-order valence-electron chi connectivity index (χ2n) is 8.28. The number of rotatable bonds is 10. The molecule has 0 saturated carbocycles. The Labute approximate surface area is 214 Å². The van der Waals surface area contributed by atoms with E-state index < -0.39 is 17.9 Å². The molecule has 0 radical (unpaired) electrons. The Morgan fingerprint density at radius 2 is 1.68 bits per heavy atom. The topological polar surface area (TPSA) is 160 Å². The summed E-state index contributed by atoms with van der Waals surface area (Å²) in [6.45, 7) is 3.62. The first kappa shape index (κ1) is 26.9. The van der Waals surface area contributed by atoms with E-state index in [1.165, 1.54) is 26.5 Å². The van der Waals surface area contributed by atoms with Crippen LogP contribution >= 0.6 is 0 Å². The molecule has 0 aliphatic heterocycles. The Morgan fingerprint density at radius 1 is 1.00 bits per heavy atom. The molecule has 0 aliphatic carbocycles. The van der Waals surface area contributed by atoms with Gasteiger partial charge in [0.2, 0.25) is 5.95 Å². The fourth-order valence-electron chi connectivity index (χ4n) is 3.68. The summed E-state index contributed by atoms with van der Waals surface area (Å²) < 4.78 is 9.36. The van der Waals surface area contributed by atoms with Crippen LogP contribution < -0.4 is 16.8 Å². The molecule has 0 aliphatic rings. The highest BCUT2D eigenvalue weighted by atomic mass is 16.5. The van der Waals surface area contributed by atoms with Gasteiger partial charge in [-0.05, 0) is 54.7 Å². The molecule has 10 nitrogen and oxygen atoms in total. The number of amides is 1. The highest BCUT2D eigenvalue weighted by Gasteiger charge is 2.20. The van der Waals surface area contributed by atoms with Crippen LogP contribution in [0.5, 0.6) is 0 Å². The van der Waals surface area contributed by atoms with Gasteiger partial charge < -0.3 is 26.3 Å². The number of hydrogen-bond donors (Lipinski definition) is 3. The number of nitrogen functional groups attached to an aromatic ring is 2. The van der Waals surface area contributed by atoms with E-state index in [4.69, 9.17) is 16.2 Å². The van der Waals surface area contributed by atoms with Crippen molar-refractivity contribution in [3.05, 3.63) is 83.6 Å². The number of nitrogens with two attached hydrogens (primary N) is 2. The zero-order valence-electron chi connectivity index (χ0n) is 20.7. The van der Waals surface area contributed by atoms with E-state index >= 15 is 0 Å². The Bertz CT molecular complexity index is 1350. The van der Waals surface area contributed by atoms with E-state index in [-0.39, 0.29) is 23.8 Å². The average molecular weight is 504 g/mol. The molecular formula is C27H29N5O5. The van der Waals surface area contributed by atoms with Crippen LogP contribution in [0.3, 0.4) is 0 Å². The van der Waals surface area contributed by atoms with Crippen molar-refractivity contribution in [2.75, 3.05) is 25.7 Å². The monoisotopic (exact) mass is 503 g/mol. The number of carbonyl (C=O) groups excluding carboxylic acids is 3. The van der Waals surface area contributed by atoms with Gasteiger partial charge in [-0.25, -0.2) is 9.78 Å². The van der Waals surface area contributed by atoms with Crippen LogP contribution in [0.1, 0.15) is 27.9 Å². The molecule has 0 spiro atoms. The van der Waals surface area contributed by atoms with E-state index in [2.05, 4.69) is 26.6 Å². The van der Waals surface area contributed by atoms with E-state index in [9.17, 15) is 14.4 Å². The van der Waals surface area contributed by atoms with Crippen LogP contribution in [0.4, 0.5) is 11.8 Å². The lowest BCUT2D eigenvalue weighted by Gasteiger charge is -2.11. The maximum atomic E-state index is 12.5. The van der Waals surface area contributed by atoms with Crippen molar-refractivity contribution in [1.29, 1.82) is 0 Å². The summed E-state index contributed by atoms with van der Waals surface area (Å²) in [6, 6.07) is 13.0. The average Bonchev–Trinajstić information content (AvgIpc) is 2.90. The summed E-state index contributed by atoms with van der Waals surface area (Å²) in [6.07, 6.45) is 4.33. The number of nitrogens with zero attached hydrogens (tertiary/aromatic N) is 2. The molecule has 192 valence electrons. The smallest absolute Gasteiger partial charge is 0.333 e. The third kappa shape index (κ3) is 7.14. The summed E-state index contributed by atoms with van der Waals surface area (Å²) in [5.41, 5.74) is 15.0. The van der Waals surface area contributed by atoms with Crippen molar-refractivity contribution >= 4 is 40.5 Å². The minimum absolute atomic E-state index is 0.00525. The van der Waals surface area contributed by atoms with Gasteiger partial charge in [-0.3, -0.25) is 9.59 Å². The second kappa shape index (κ2) is 12.3. The molecule has 1 heterocycles. The first-order valence-corrected chi connectivity index (χ1v) is 11.4. The van der Waals surface area contributed by atoms with Crippen LogP contribution in [0.2, 0.25) is 0 Å². The zero-order valence-corrected chi connectivity index (χ0v) is 20.7. The van der Waals surface area contributed by atoms with Crippen molar-refractivity contribution in [2.24, 2.45) is 5.92 Å². The number of methoxy groups -OCH3 is 2. The van der Waals surface area contributed by atoms with Crippen molar-refractivity contribution in [2.45, 2.75) is 19.3 Å². The highest BCUT2D eigenvalue weighted by molar-refractivity contribution is 5.95. The van der Waals surface area contributed by atoms with Crippen molar-refractivity contribution < 1.29 is 23.9 Å². The SMILES string of the molecule is C=C(C[C@H](/C=C/NC(=O)c1ccc(CCc2ccc3nc(N)nc(N)c3c2)cc1)C(=O)OC)C(=O)OC. The van der Waals surface area contributed by atoms with Crippen LogP contribution in [0, 0.1) is 5.92 Å². The van der Waals surface area contributed by atoms with Gasteiger partial charge in [-0.1, -0.05) is 30.9 Å². The fourth-order valence-corrected chi connectivity index (χ4v) is 3.68. The normalized spacial score (nSPS) is 11.7. The van der Waals surface area contributed by atoms with E-state index in [1.807, 2.05) is 30.3 Å². The number of benzene rings is 2. The number of esters is 2. The molecule has 37 heavy (non-hydrogen) atoms. The molecule has 10 heteroatoms. The lowest BCUT2D eigenvalue weighted by atomic mass is 10.0. The second-order valence-corrected chi connectivity index (χ2v) is 8.28. The van der Waals surface area contributed by atoms with Crippen LogP contribution in [-0.4, -0.2) is 42.0 Å². The molecule has 0 bridgehead atoms. The molecule has 1 atom stereocenters. The number of aromatic nitrogens is 2. The van der Waals surface area contributed by atoms with Gasteiger partial charge >= 0.3 is 11.9 Å². The van der Waals surface area contributed by atoms with E-state index in [1.54, 1.807) is 12.1 Å². The summed E-state index contributed by atoms with van der Waals surface area (Å²) in [7, 11) is 2.47. The van der Waals surface area contributed by atoms with Gasteiger partial charge in [-0.2, -0.15) is 4.98 Å². The van der Waals surface area contributed by atoms with Gasteiger partial charge in [0.1, 0.15) is 5.82 Å². The maximum absolute atomic E-state index is 12.5. The molecule has 1 amide bonds. The number of aryl methyl sites for hydroxylation is 2. The molecule has 2 aromatic carbocycles. The molecule has 3 aromatic rings. The van der Waals surface area contributed by atoms with Crippen molar-refractivity contribution in [3.8, 4) is 0 Å². The first-order chi connectivity index (χ1) is 17.7. The van der Waals surface area contributed by atoms with Gasteiger partial charge in [0.05, 0.1) is 25.7 Å². The summed E-state index contributed by atoms with van der Waals surface area (Å²) in [5.74, 6) is -1.83. The lowest BCUT2D eigenvalue weighted by Crippen LogP contribution is -2.20. The maximum Gasteiger partial charge on any atom is 0.333 e. The third-order valence-electron chi connectivity index (χ3n) is 5.71. The molecule has 5 N–H and O–H groups in total. The van der Waals surface area contributed by atoms with Gasteiger partial charge in [0.25, 0.3) is 5.91 Å². The standard InChI is InChI=1S/C27H29N5O5/c1-16(25(34)36-2)14-20(26(35)37-3)12-13-30-24(33)19-9-6-17(7-10-19)4-5-18-8-11-22-21(15-18)23(28)32-27(29)31-22/h6-13,15,20H,1,4-5,14H2,2-3H3,(H,30,33)(H4,28,29,31,32)/b13-12+/t20-/m0/s1. The minimum Gasteiger partial charge on any atom is -0.469 e. The minimum atomic E-state index is -0.798. The highest BCUT2D eigenvalue weighted by Crippen LogP contribution is 2.21. The number of anilines is 2. The van der Waals surface area contributed by atoms with Gasteiger partial charge in [0, 0.05) is 22.7 Å². The van der Waals surface area contributed by atoms with Crippen molar-refractivity contribution in [1.82, 2.24) is 15.3 Å². The predicted octanol–water partition coefficient (Wildman–Crippen LogP) is 2.73. The largest absolute Gasteiger partial charge is 0.469 e. The molecule has 0 saturated heterocycles. The zero-order chi connectivity index (χ0) is 26.9. The summed E-state index contributed by atoms with van der Waals surface area (Å²) in [5, 5.41) is 3.38. The van der Waals surface area contributed by atoms with Gasteiger partial charge in [0.15, 0.2) is 0 Å². The van der Waals surface area contributed by atoms with Crippen molar-refractivity contribution in [3.63, 3.8) is 0 Å². The number of hydrogen-bond acceptors (Lipinski definition) is 9. The molecule has 0 fully saturated rings. The fraction of sp³-hybridized carbons (Fsp3) is 0.222. The molecule has 1 aromatic heterocycles. The molecular weight excluding hydrogens is 474 g/mol. The number of carbonyl (C=O) groups is 3. The Balaban J connectivity index is 1.57. The van der Waals surface area contributed by atoms with Crippen LogP contribution in [0.25, 0.3) is 10.9 Å². The Kier molecular flexibility index (Phi) is 8.93. The Hall–Kier alpha value is -4.73. The first-order valence-electron chi connectivity index (χ1n) is 11.4. The quantitative estimate of drug-likeness (QED) is 0.279. The molecule has 3 rings (SSSR count). The van der Waals surface area contributed by atoms with E-state index in [0.29, 0.717) is 16.9 Å². The number of ether oxygens (including phenoxy) is 2. The van der Waals surface area contributed by atoms with E-state index in [0.717, 1.165) is 29.4 Å². The number of nitrogens with one attached hydrogen (secondary N) is 1. The van der Waals surface area contributed by atoms with Crippen LogP contribution in [-0.2, 0) is 31.9 Å². The third-order valence-corrected chi connectivity index (χ3v) is 5.71. The predicted molar refractivity (Wildman–Crippen MR) is 140 cm³/mol. The number of fused-ring (bicyclic) bond motifs is 1. The Morgan fingerprint density at radius 3 is 2.35 bits per heavy atom. The lowest BCUT2D eigenvalue weighted by molar-refractivity contribution is -0.143. The summed E-state index contributed by atoms with van der Waals surface area (Å²) >= 11 is 0. The summed E-state index contributed by atoms with van der Waals surface area (Å²) in [4.78, 5) is 44.3. The molecule has 0 unspecified atom stereocenters. The van der Waals surface area contributed by atoms with Crippen LogP contribution in [0.15, 0.2) is 66.9 Å².